The van der Waals surface area contributed by atoms with E-state index in [2.05, 4.69) is 25.6 Å². The maximum atomic E-state index is 14.2. The third-order valence-corrected chi connectivity index (χ3v) is 5.59. The lowest BCUT2D eigenvalue weighted by molar-refractivity contribution is 0.174. The molecule has 7 nitrogen and oxygen atoms in total. The molecular formula is C24H24FN5O2. The number of nitrogens with one attached hydrogen (secondary N) is 3. The summed E-state index contributed by atoms with van der Waals surface area (Å²) in [4.78, 5) is 12.2. The molecule has 0 aliphatic carbocycles. The van der Waals surface area contributed by atoms with Crippen LogP contribution in [-0.4, -0.2) is 28.3 Å². The molecule has 0 radical (unpaired) electrons. The number of anilines is 3. The SMILES string of the molecule is Cc1nc(NCCc2c(C)[nH]c3c(F)ccc(C)c23)cc(Nc2ccc3c(c2)OCO3)n1. The zero-order valence-electron chi connectivity index (χ0n) is 18.2. The van der Waals surface area contributed by atoms with E-state index in [1.807, 2.05) is 51.1 Å². The Kier molecular flexibility index (Phi) is 5.05. The van der Waals surface area contributed by atoms with Gasteiger partial charge in [0.05, 0.1) is 5.52 Å². The molecule has 3 N–H and O–H groups in total. The van der Waals surface area contributed by atoms with Crippen LogP contribution in [0, 0.1) is 26.6 Å². The molecule has 5 rings (SSSR count). The highest BCUT2D eigenvalue weighted by Crippen LogP contribution is 2.35. The van der Waals surface area contributed by atoms with E-state index < -0.39 is 0 Å². The van der Waals surface area contributed by atoms with Crippen LogP contribution < -0.4 is 20.1 Å². The summed E-state index contributed by atoms with van der Waals surface area (Å²) in [6.45, 7) is 6.74. The maximum absolute atomic E-state index is 14.2. The van der Waals surface area contributed by atoms with E-state index in [4.69, 9.17) is 9.47 Å². The van der Waals surface area contributed by atoms with E-state index in [0.29, 0.717) is 29.5 Å². The van der Waals surface area contributed by atoms with Crippen LogP contribution in [0.1, 0.15) is 22.6 Å². The molecule has 0 saturated heterocycles. The number of aromatic amines is 1. The van der Waals surface area contributed by atoms with Crippen molar-refractivity contribution in [1.82, 2.24) is 15.0 Å². The van der Waals surface area contributed by atoms with Gasteiger partial charge in [-0.15, -0.1) is 0 Å². The monoisotopic (exact) mass is 433 g/mol. The highest BCUT2D eigenvalue weighted by atomic mass is 19.1. The van der Waals surface area contributed by atoms with Crippen molar-refractivity contribution in [2.75, 3.05) is 24.0 Å². The Morgan fingerprint density at radius 3 is 2.69 bits per heavy atom. The van der Waals surface area contributed by atoms with Crippen molar-refractivity contribution >= 4 is 28.2 Å². The van der Waals surface area contributed by atoms with Crippen LogP contribution in [0.25, 0.3) is 10.9 Å². The van der Waals surface area contributed by atoms with Gasteiger partial charge in [-0.2, -0.15) is 0 Å². The molecule has 164 valence electrons. The molecule has 0 amide bonds. The average Bonchev–Trinajstić information content (AvgIpc) is 3.35. The van der Waals surface area contributed by atoms with E-state index in [1.54, 1.807) is 0 Å². The molecule has 0 unspecified atom stereocenters. The number of hydrogen-bond donors (Lipinski definition) is 3. The summed E-state index contributed by atoms with van der Waals surface area (Å²) in [5.41, 5.74) is 4.60. The van der Waals surface area contributed by atoms with E-state index in [9.17, 15) is 4.39 Å². The number of benzene rings is 2. The fourth-order valence-corrected chi connectivity index (χ4v) is 4.12. The summed E-state index contributed by atoms with van der Waals surface area (Å²) >= 11 is 0. The number of hydrogen-bond acceptors (Lipinski definition) is 6. The number of H-pyrrole nitrogens is 1. The van der Waals surface area contributed by atoms with Crippen LogP contribution in [-0.2, 0) is 6.42 Å². The Bertz CT molecular complexity index is 1320. The minimum Gasteiger partial charge on any atom is -0.454 e. The summed E-state index contributed by atoms with van der Waals surface area (Å²) in [7, 11) is 0. The number of aromatic nitrogens is 3. The molecule has 0 spiro atoms. The second-order valence-corrected chi connectivity index (χ2v) is 7.90. The summed E-state index contributed by atoms with van der Waals surface area (Å²) < 4.78 is 25.0. The summed E-state index contributed by atoms with van der Waals surface area (Å²) in [6, 6.07) is 10.9. The smallest absolute Gasteiger partial charge is 0.231 e. The van der Waals surface area contributed by atoms with Gasteiger partial charge in [0.2, 0.25) is 6.79 Å². The minimum atomic E-state index is -0.224. The number of nitrogens with zero attached hydrogens (tertiary/aromatic N) is 2. The molecule has 0 atom stereocenters. The van der Waals surface area contributed by atoms with Gasteiger partial charge < -0.3 is 25.1 Å². The van der Waals surface area contributed by atoms with Crippen molar-refractivity contribution in [3.05, 3.63) is 64.9 Å². The quantitative estimate of drug-likeness (QED) is 0.390. The first-order valence-electron chi connectivity index (χ1n) is 10.5. The topological polar surface area (TPSA) is 84.1 Å². The van der Waals surface area contributed by atoms with Gasteiger partial charge in [-0.1, -0.05) is 6.07 Å². The average molecular weight is 433 g/mol. The molecule has 1 aliphatic heterocycles. The Hall–Kier alpha value is -3.81. The van der Waals surface area contributed by atoms with Gasteiger partial charge in [-0.3, -0.25) is 0 Å². The summed E-state index contributed by atoms with van der Waals surface area (Å²) in [5, 5.41) is 7.63. The predicted octanol–water partition coefficient (Wildman–Crippen LogP) is 5.15. The lowest BCUT2D eigenvalue weighted by Crippen LogP contribution is -2.09. The van der Waals surface area contributed by atoms with E-state index in [1.165, 1.54) is 6.07 Å². The Labute approximate surface area is 185 Å². The van der Waals surface area contributed by atoms with Gasteiger partial charge in [-0.05, 0) is 56.5 Å². The van der Waals surface area contributed by atoms with Gasteiger partial charge in [-0.25, -0.2) is 14.4 Å². The number of rotatable bonds is 6. The molecule has 0 fully saturated rings. The van der Waals surface area contributed by atoms with Crippen molar-refractivity contribution < 1.29 is 13.9 Å². The number of ether oxygens (including phenoxy) is 2. The maximum Gasteiger partial charge on any atom is 0.231 e. The zero-order chi connectivity index (χ0) is 22.2. The molecule has 4 aromatic rings. The van der Waals surface area contributed by atoms with Crippen LogP contribution in [0.3, 0.4) is 0 Å². The lowest BCUT2D eigenvalue weighted by atomic mass is 10.0. The fraction of sp³-hybridized carbons (Fsp3) is 0.250. The third kappa shape index (κ3) is 3.79. The Morgan fingerprint density at radius 1 is 1.00 bits per heavy atom. The van der Waals surface area contributed by atoms with Crippen molar-refractivity contribution in [3.8, 4) is 11.5 Å². The number of fused-ring (bicyclic) bond motifs is 2. The van der Waals surface area contributed by atoms with Crippen LogP contribution in [0.5, 0.6) is 11.5 Å². The van der Waals surface area contributed by atoms with Crippen LogP contribution in [0.4, 0.5) is 21.7 Å². The highest BCUT2D eigenvalue weighted by molar-refractivity contribution is 5.88. The van der Waals surface area contributed by atoms with Gasteiger partial charge >= 0.3 is 0 Å². The van der Waals surface area contributed by atoms with Gasteiger partial charge in [0.25, 0.3) is 0 Å². The standard InChI is InChI=1S/C24H24FN5O2/c1-13-4-6-18(25)24-23(13)17(14(2)27-24)8-9-26-21-11-22(29-15(3)28-21)30-16-5-7-19-20(10-16)32-12-31-19/h4-7,10-11,27H,8-9,12H2,1-3H3,(H2,26,28,29,30). The fourth-order valence-electron chi connectivity index (χ4n) is 4.12. The Balaban J connectivity index is 1.31. The van der Waals surface area contributed by atoms with Gasteiger partial charge in [0.1, 0.15) is 23.3 Å². The van der Waals surface area contributed by atoms with Gasteiger partial charge in [0.15, 0.2) is 11.5 Å². The number of halogens is 1. The second-order valence-electron chi connectivity index (χ2n) is 7.90. The Morgan fingerprint density at radius 2 is 1.81 bits per heavy atom. The van der Waals surface area contributed by atoms with Crippen LogP contribution in [0.15, 0.2) is 36.4 Å². The van der Waals surface area contributed by atoms with E-state index in [0.717, 1.165) is 45.9 Å². The number of aryl methyl sites for hydroxylation is 3. The first kappa shape index (κ1) is 20.1. The minimum absolute atomic E-state index is 0.224. The van der Waals surface area contributed by atoms with Crippen LogP contribution >= 0.6 is 0 Å². The van der Waals surface area contributed by atoms with Crippen molar-refractivity contribution in [2.45, 2.75) is 27.2 Å². The molecule has 2 aromatic heterocycles. The van der Waals surface area contributed by atoms with E-state index in [-0.39, 0.29) is 12.6 Å². The molecule has 0 bridgehead atoms. The first-order valence-corrected chi connectivity index (χ1v) is 10.5. The molecule has 32 heavy (non-hydrogen) atoms. The lowest BCUT2D eigenvalue weighted by Gasteiger charge is -2.11. The van der Waals surface area contributed by atoms with Crippen molar-refractivity contribution in [3.63, 3.8) is 0 Å². The van der Waals surface area contributed by atoms with Crippen molar-refractivity contribution in [2.24, 2.45) is 0 Å². The zero-order valence-corrected chi connectivity index (χ0v) is 18.2. The largest absolute Gasteiger partial charge is 0.454 e. The molecule has 2 aromatic carbocycles. The second kappa shape index (κ2) is 8.03. The third-order valence-electron chi connectivity index (χ3n) is 5.59. The van der Waals surface area contributed by atoms with Gasteiger partial charge in [0, 0.05) is 35.4 Å². The highest BCUT2D eigenvalue weighted by Gasteiger charge is 2.15. The predicted molar refractivity (Wildman–Crippen MR) is 123 cm³/mol. The molecule has 1 aliphatic rings. The summed E-state index contributed by atoms with van der Waals surface area (Å²) in [6.07, 6.45) is 0.740. The molecule has 3 heterocycles. The molecular weight excluding hydrogens is 409 g/mol. The van der Waals surface area contributed by atoms with Crippen molar-refractivity contribution in [1.29, 1.82) is 0 Å². The van der Waals surface area contributed by atoms with E-state index >= 15 is 0 Å². The first-order chi connectivity index (χ1) is 15.5. The normalized spacial score (nSPS) is 12.4. The molecule has 0 saturated carbocycles. The summed E-state index contributed by atoms with van der Waals surface area (Å²) in [5.74, 6) is 3.28. The molecule has 8 heteroatoms. The van der Waals surface area contributed by atoms with Crippen LogP contribution in [0.2, 0.25) is 0 Å².